The number of nitrogens with zero attached hydrogens (tertiary/aromatic N) is 2. The lowest BCUT2D eigenvalue weighted by Crippen LogP contribution is -2.13. The molecule has 0 radical (unpaired) electrons. The van der Waals surface area contributed by atoms with Gasteiger partial charge in [-0.25, -0.2) is 4.79 Å². The Balaban J connectivity index is 2.23. The van der Waals surface area contributed by atoms with E-state index in [1.54, 1.807) is 13.2 Å². The van der Waals surface area contributed by atoms with Gasteiger partial charge in [-0.05, 0) is 18.2 Å². The molecule has 6 nitrogen and oxygen atoms in total. The Labute approximate surface area is 135 Å². The highest BCUT2D eigenvalue weighted by atomic mass is 19.4. The number of alkyl halides is 3. The number of benzene rings is 1. The van der Waals surface area contributed by atoms with E-state index >= 15 is 0 Å². The van der Waals surface area contributed by atoms with Crippen LogP contribution in [0, 0.1) is 0 Å². The molecule has 0 atom stereocenters. The molecule has 0 unspecified atom stereocenters. The molecule has 0 aliphatic carbocycles. The molecule has 0 saturated carbocycles. The Morgan fingerprint density at radius 2 is 2.00 bits per heavy atom. The lowest BCUT2D eigenvalue weighted by Gasteiger charge is -2.12. The van der Waals surface area contributed by atoms with E-state index < -0.39 is 23.6 Å². The molecule has 1 heterocycles. The first-order valence-corrected chi connectivity index (χ1v) is 6.79. The Morgan fingerprint density at radius 3 is 2.54 bits per heavy atom. The third-order valence-corrected chi connectivity index (χ3v) is 2.94. The average molecular weight is 341 g/mol. The first kappa shape index (κ1) is 17.5. The van der Waals surface area contributed by atoms with E-state index in [0.717, 1.165) is 19.1 Å². The standard InChI is InChI=1S/C15H14F3N3O3/c1-9(22)20-13-4-11(3-12(5-13)15(16,17)18)14(23)24-8-10-6-19-21(2)7-10/h3-7H,8H2,1-2H3,(H,20,22). The van der Waals surface area contributed by atoms with Crippen molar-refractivity contribution in [2.75, 3.05) is 5.32 Å². The lowest BCUT2D eigenvalue weighted by atomic mass is 10.1. The van der Waals surface area contributed by atoms with Gasteiger partial charge in [-0.2, -0.15) is 18.3 Å². The largest absolute Gasteiger partial charge is 0.457 e. The Bertz CT molecular complexity index is 769. The highest BCUT2D eigenvalue weighted by molar-refractivity contribution is 5.94. The van der Waals surface area contributed by atoms with Crippen molar-refractivity contribution in [3.63, 3.8) is 0 Å². The fourth-order valence-corrected chi connectivity index (χ4v) is 1.96. The van der Waals surface area contributed by atoms with Crippen LogP contribution in [0.15, 0.2) is 30.6 Å². The van der Waals surface area contributed by atoms with Crippen LogP contribution in [0.1, 0.15) is 28.4 Å². The van der Waals surface area contributed by atoms with Crippen molar-refractivity contribution in [3.8, 4) is 0 Å². The van der Waals surface area contributed by atoms with E-state index in [2.05, 4.69) is 10.4 Å². The molecule has 1 amide bonds. The molecule has 0 spiro atoms. The van der Waals surface area contributed by atoms with Gasteiger partial charge in [-0.3, -0.25) is 9.48 Å². The summed E-state index contributed by atoms with van der Waals surface area (Å²) >= 11 is 0. The van der Waals surface area contributed by atoms with Crippen LogP contribution < -0.4 is 5.32 Å². The van der Waals surface area contributed by atoms with Crippen molar-refractivity contribution >= 4 is 17.6 Å². The maximum Gasteiger partial charge on any atom is 0.416 e. The number of aromatic nitrogens is 2. The quantitative estimate of drug-likeness (QED) is 0.868. The van der Waals surface area contributed by atoms with Crippen LogP contribution in [-0.2, 0) is 29.4 Å². The summed E-state index contributed by atoms with van der Waals surface area (Å²) in [4.78, 5) is 23.1. The van der Waals surface area contributed by atoms with Crippen molar-refractivity contribution in [1.82, 2.24) is 9.78 Å². The van der Waals surface area contributed by atoms with E-state index in [1.165, 1.54) is 10.9 Å². The number of carbonyl (C=O) groups excluding carboxylic acids is 2. The summed E-state index contributed by atoms with van der Waals surface area (Å²) in [5.74, 6) is -1.49. The van der Waals surface area contributed by atoms with Gasteiger partial charge in [-0.15, -0.1) is 0 Å². The van der Waals surface area contributed by atoms with Crippen LogP contribution in [-0.4, -0.2) is 21.7 Å². The van der Waals surface area contributed by atoms with Crippen molar-refractivity contribution in [2.45, 2.75) is 19.7 Å². The number of amides is 1. The van der Waals surface area contributed by atoms with E-state index in [1.807, 2.05) is 0 Å². The van der Waals surface area contributed by atoms with E-state index in [-0.39, 0.29) is 17.9 Å². The molecule has 0 bridgehead atoms. The van der Waals surface area contributed by atoms with E-state index in [4.69, 9.17) is 4.74 Å². The smallest absolute Gasteiger partial charge is 0.416 e. The van der Waals surface area contributed by atoms with Crippen molar-refractivity contribution < 1.29 is 27.5 Å². The maximum absolute atomic E-state index is 12.9. The summed E-state index contributed by atoms with van der Waals surface area (Å²) in [5, 5.41) is 6.12. The molecule has 0 aliphatic heterocycles. The molecular weight excluding hydrogens is 327 g/mol. The van der Waals surface area contributed by atoms with Gasteiger partial charge >= 0.3 is 12.1 Å². The average Bonchev–Trinajstić information content (AvgIpc) is 2.88. The second kappa shape index (κ2) is 6.73. The normalized spacial score (nSPS) is 11.2. The van der Waals surface area contributed by atoms with Crippen LogP contribution in [0.4, 0.5) is 18.9 Å². The minimum atomic E-state index is -4.66. The minimum Gasteiger partial charge on any atom is -0.457 e. The Hall–Kier alpha value is -2.84. The third kappa shape index (κ3) is 4.58. The number of carbonyl (C=O) groups is 2. The van der Waals surface area contributed by atoms with Crippen LogP contribution in [0.2, 0.25) is 0 Å². The highest BCUT2D eigenvalue weighted by Gasteiger charge is 2.32. The topological polar surface area (TPSA) is 73.2 Å². The zero-order chi connectivity index (χ0) is 17.9. The number of esters is 1. The van der Waals surface area contributed by atoms with Crippen LogP contribution in [0.3, 0.4) is 0 Å². The number of halogens is 3. The van der Waals surface area contributed by atoms with Gasteiger partial charge < -0.3 is 10.1 Å². The maximum atomic E-state index is 12.9. The highest BCUT2D eigenvalue weighted by Crippen LogP contribution is 2.32. The van der Waals surface area contributed by atoms with Crippen molar-refractivity contribution in [1.29, 1.82) is 0 Å². The zero-order valence-electron chi connectivity index (χ0n) is 12.8. The number of anilines is 1. The second-order valence-electron chi connectivity index (χ2n) is 5.08. The van der Waals surface area contributed by atoms with Crippen LogP contribution in [0.25, 0.3) is 0 Å². The predicted molar refractivity (Wildman–Crippen MR) is 78.1 cm³/mol. The minimum absolute atomic E-state index is 0.127. The number of aryl methyl sites for hydroxylation is 1. The predicted octanol–water partition coefficient (Wildman–Crippen LogP) is 2.75. The number of ether oxygens (including phenoxy) is 1. The van der Waals surface area contributed by atoms with Gasteiger partial charge in [0.15, 0.2) is 0 Å². The van der Waals surface area contributed by atoms with Crippen molar-refractivity contribution in [2.24, 2.45) is 7.05 Å². The number of hydrogen-bond donors (Lipinski definition) is 1. The van der Waals surface area contributed by atoms with Gasteiger partial charge in [0.2, 0.25) is 5.91 Å². The summed E-state index contributed by atoms with van der Waals surface area (Å²) < 4.78 is 45.3. The molecule has 2 aromatic rings. The fraction of sp³-hybridized carbons (Fsp3) is 0.267. The lowest BCUT2D eigenvalue weighted by molar-refractivity contribution is -0.137. The van der Waals surface area contributed by atoms with Gasteiger partial charge in [0.05, 0.1) is 17.3 Å². The summed E-state index contributed by atoms with van der Waals surface area (Å²) in [5.41, 5.74) is -0.898. The van der Waals surface area contributed by atoms with E-state index in [9.17, 15) is 22.8 Å². The molecule has 128 valence electrons. The zero-order valence-corrected chi connectivity index (χ0v) is 12.8. The fourth-order valence-electron chi connectivity index (χ4n) is 1.96. The molecule has 0 aliphatic rings. The Kier molecular flexibility index (Phi) is 4.91. The summed E-state index contributed by atoms with van der Waals surface area (Å²) in [6.45, 7) is 1.03. The second-order valence-corrected chi connectivity index (χ2v) is 5.08. The molecule has 2 rings (SSSR count). The van der Waals surface area contributed by atoms with Gasteiger partial charge in [-0.1, -0.05) is 0 Å². The third-order valence-electron chi connectivity index (χ3n) is 2.94. The first-order valence-electron chi connectivity index (χ1n) is 6.79. The monoisotopic (exact) mass is 341 g/mol. The number of nitrogens with one attached hydrogen (secondary N) is 1. The summed E-state index contributed by atoms with van der Waals surface area (Å²) in [6.07, 6.45) is -1.57. The molecule has 24 heavy (non-hydrogen) atoms. The molecule has 1 aromatic heterocycles. The molecule has 1 N–H and O–H groups in total. The molecule has 9 heteroatoms. The summed E-state index contributed by atoms with van der Waals surface area (Å²) in [6, 6.07) is 2.55. The number of rotatable bonds is 4. The molecule has 1 aromatic carbocycles. The van der Waals surface area contributed by atoms with Gasteiger partial charge in [0, 0.05) is 31.4 Å². The molecule has 0 saturated heterocycles. The van der Waals surface area contributed by atoms with Gasteiger partial charge in [0.1, 0.15) is 6.61 Å². The SMILES string of the molecule is CC(=O)Nc1cc(C(=O)OCc2cnn(C)c2)cc(C(F)(F)F)c1. The molecule has 0 fully saturated rings. The Morgan fingerprint density at radius 1 is 1.29 bits per heavy atom. The first-order chi connectivity index (χ1) is 11.1. The van der Waals surface area contributed by atoms with E-state index in [0.29, 0.717) is 11.6 Å². The van der Waals surface area contributed by atoms with Crippen molar-refractivity contribution in [3.05, 3.63) is 47.3 Å². The van der Waals surface area contributed by atoms with Crippen LogP contribution in [0.5, 0.6) is 0 Å². The van der Waals surface area contributed by atoms with Crippen LogP contribution >= 0.6 is 0 Å². The van der Waals surface area contributed by atoms with Gasteiger partial charge in [0.25, 0.3) is 0 Å². The molecular formula is C15H14F3N3O3. The summed E-state index contributed by atoms with van der Waals surface area (Å²) in [7, 11) is 1.68. The number of hydrogen-bond acceptors (Lipinski definition) is 4.